The van der Waals surface area contributed by atoms with E-state index in [0.717, 1.165) is 48.6 Å². The fourth-order valence-corrected chi connectivity index (χ4v) is 4.87. The van der Waals surface area contributed by atoms with Gasteiger partial charge in [-0.25, -0.2) is 0 Å². The van der Waals surface area contributed by atoms with Gasteiger partial charge in [-0.15, -0.1) is 0 Å². The van der Waals surface area contributed by atoms with E-state index in [0.29, 0.717) is 0 Å². The lowest BCUT2D eigenvalue weighted by molar-refractivity contribution is 0.0698. The van der Waals surface area contributed by atoms with E-state index in [-0.39, 0.29) is 11.9 Å². The summed E-state index contributed by atoms with van der Waals surface area (Å²) in [5, 5.41) is 4.31. The number of likely N-dealkylation sites (N-methyl/N-ethyl adjacent to an activating group) is 1. The number of carbonyl (C=O) groups is 1. The van der Waals surface area contributed by atoms with Gasteiger partial charge in [-0.05, 0) is 42.4 Å². The van der Waals surface area contributed by atoms with Crippen molar-refractivity contribution in [1.82, 2.24) is 14.7 Å². The quantitative estimate of drug-likeness (QED) is 0.830. The highest BCUT2D eigenvalue weighted by Gasteiger charge is 2.29. The summed E-state index contributed by atoms with van der Waals surface area (Å²) in [4.78, 5) is 17.6. The Labute approximate surface area is 153 Å². The summed E-state index contributed by atoms with van der Waals surface area (Å²) in [5.41, 5.74) is 4.49. The number of hydrogen-bond donors (Lipinski definition) is 0. The zero-order valence-corrected chi connectivity index (χ0v) is 15.6. The van der Waals surface area contributed by atoms with Crippen LogP contribution in [-0.2, 0) is 13.5 Å². The van der Waals surface area contributed by atoms with Crippen LogP contribution in [0.2, 0.25) is 0 Å². The molecule has 0 aliphatic carbocycles. The van der Waals surface area contributed by atoms with Gasteiger partial charge in [0.15, 0.2) is 0 Å². The van der Waals surface area contributed by atoms with Crippen LogP contribution < -0.4 is 4.90 Å². The second-order valence-electron chi connectivity index (χ2n) is 6.91. The van der Waals surface area contributed by atoms with Gasteiger partial charge in [0.25, 0.3) is 5.91 Å². The van der Waals surface area contributed by atoms with Gasteiger partial charge in [0.1, 0.15) is 0 Å². The summed E-state index contributed by atoms with van der Waals surface area (Å²) < 4.78 is 1.82. The number of aromatic nitrogens is 2. The van der Waals surface area contributed by atoms with E-state index >= 15 is 0 Å². The van der Waals surface area contributed by atoms with E-state index in [1.54, 1.807) is 0 Å². The van der Waals surface area contributed by atoms with Crippen LogP contribution in [0, 0.1) is 0 Å². The number of aryl methyl sites for hydroxylation is 1. The van der Waals surface area contributed by atoms with Crippen LogP contribution in [0.5, 0.6) is 0 Å². The fraction of sp³-hybridized carbons (Fsp3) is 0.474. The Hall–Kier alpha value is -1.95. The summed E-state index contributed by atoms with van der Waals surface area (Å²) in [6.45, 7) is 1.84. The first-order valence-corrected chi connectivity index (χ1v) is 10.0. The van der Waals surface area contributed by atoms with Gasteiger partial charge in [0.2, 0.25) is 0 Å². The maximum absolute atomic E-state index is 13.3. The molecule has 1 fully saturated rings. The molecule has 0 saturated carbocycles. The average molecular weight is 356 g/mol. The second-order valence-corrected chi connectivity index (χ2v) is 8.06. The Kier molecular flexibility index (Phi) is 4.46. The number of thioether (sulfide) groups is 1. The van der Waals surface area contributed by atoms with Crippen LogP contribution in [-0.4, -0.2) is 52.2 Å². The molecule has 2 aromatic rings. The van der Waals surface area contributed by atoms with Crippen LogP contribution in [0.25, 0.3) is 0 Å². The third-order valence-corrected chi connectivity index (χ3v) is 6.29. The molecule has 1 amide bonds. The Morgan fingerprint density at radius 1 is 1.28 bits per heavy atom. The van der Waals surface area contributed by atoms with Crippen molar-refractivity contribution < 1.29 is 4.79 Å². The van der Waals surface area contributed by atoms with E-state index in [2.05, 4.69) is 34.1 Å². The number of amides is 1. The van der Waals surface area contributed by atoms with Crippen molar-refractivity contribution >= 4 is 23.4 Å². The first-order valence-electron chi connectivity index (χ1n) is 8.85. The van der Waals surface area contributed by atoms with Gasteiger partial charge in [0, 0.05) is 55.9 Å². The Morgan fingerprint density at radius 2 is 2.16 bits per heavy atom. The third-order valence-electron chi connectivity index (χ3n) is 5.16. The Morgan fingerprint density at radius 3 is 2.96 bits per heavy atom. The van der Waals surface area contributed by atoms with Crippen molar-refractivity contribution in [2.45, 2.75) is 18.9 Å². The monoisotopic (exact) mass is 356 g/mol. The van der Waals surface area contributed by atoms with Gasteiger partial charge in [0.05, 0.1) is 12.2 Å². The molecular weight excluding hydrogens is 332 g/mol. The van der Waals surface area contributed by atoms with Crippen LogP contribution >= 0.6 is 11.8 Å². The van der Waals surface area contributed by atoms with Crippen molar-refractivity contribution in [1.29, 1.82) is 0 Å². The summed E-state index contributed by atoms with van der Waals surface area (Å²) in [7, 11) is 4.04. The first kappa shape index (κ1) is 16.5. The molecule has 2 aliphatic heterocycles. The lowest BCUT2D eigenvalue weighted by Gasteiger charge is -2.29. The topological polar surface area (TPSA) is 41.4 Å². The van der Waals surface area contributed by atoms with Crippen LogP contribution in [0.15, 0.2) is 30.6 Å². The Balaban J connectivity index is 1.64. The number of carbonyl (C=O) groups excluding carboxylic acids is 1. The minimum Gasteiger partial charge on any atom is -0.374 e. The van der Waals surface area contributed by atoms with Gasteiger partial charge >= 0.3 is 0 Å². The molecule has 4 rings (SSSR count). The molecule has 132 valence electrons. The summed E-state index contributed by atoms with van der Waals surface area (Å²) >= 11 is 1.93. The summed E-state index contributed by atoms with van der Waals surface area (Å²) in [5.74, 6) is 2.19. The number of benzene rings is 1. The maximum atomic E-state index is 13.3. The molecule has 6 heteroatoms. The number of rotatable bonds is 2. The van der Waals surface area contributed by atoms with Crippen LogP contribution in [0.4, 0.5) is 5.69 Å². The van der Waals surface area contributed by atoms with E-state index in [1.165, 1.54) is 11.3 Å². The highest BCUT2D eigenvalue weighted by atomic mass is 32.2. The molecule has 1 aromatic carbocycles. The first-order chi connectivity index (χ1) is 12.1. The molecule has 0 spiro atoms. The summed E-state index contributed by atoms with van der Waals surface area (Å²) in [6.07, 6.45) is 6.00. The molecule has 0 bridgehead atoms. The minimum absolute atomic E-state index is 0.102. The largest absolute Gasteiger partial charge is 0.374 e. The normalized spacial score (nSPS) is 20.5. The van der Waals surface area contributed by atoms with Gasteiger partial charge in [-0.3, -0.25) is 9.48 Å². The molecular formula is C19H24N4OS. The van der Waals surface area contributed by atoms with Crippen molar-refractivity contribution in [2.75, 3.05) is 36.5 Å². The smallest absolute Gasteiger partial charge is 0.254 e. The predicted octanol–water partition coefficient (Wildman–Crippen LogP) is 2.73. The van der Waals surface area contributed by atoms with E-state index in [1.807, 2.05) is 42.0 Å². The Bertz CT molecular complexity index is 787. The lowest BCUT2D eigenvalue weighted by atomic mass is 10.0. The zero-order chi connectivity index (χ0) is 17.4. The van der Waals surface area contributed by atoms with Gasteiger partial charge < -0.3 is 9.80 Å². The van der Waals surface area contributed by atoms with Crippen molar-refractivity contribution in [2.24, 2.45) is 7.05 Å². The van der Waals surface area contributed by atoms with Crippen molar-refractivity contribution in [3.63, 3.8) is 0 Å². The molecule has 3 heterocycles. The minimum atomic E-state index is 0.102. The SMILES string of the molecule is CN1CCc2cc(C(=O)N3CCCSCC3c3cnn(C)c3)ccc21. The predicted molar refractivity (Wildman–Crippen MR) is 102 cm³/mol. The maximum Gasteiger partial charge on any atom is 0.254 e. The third kappa shape index (κ3) is 3.15. The zero-order valence-electron chi connectivity index (χ0n) is 14.8. The summed E-state index contributed by atoms with van der Waals surface area (Å²) in [6, 6.07) is 6.28. The van der Waals surface area contributed by atoms with E-state index in [4.69, 9.17) is 0 Å². The fourth-order valence-electron chi connectivity index (χ4n) is 3.77. The highest BCUT2D eigenvalue weighted by Crippen LogP contribution is 2.32. The molecule has 2 aliphatic rings. The number of hydrogen-bond acceptors (Lipinski definition) is 4. The highest BCUT2D eigenvalue weighted by molar-refractivity contribution is 7.99. The molecule has 1 unspecified atom stereocenters. The van der Waals surface area contributed by atoms with E-state index < -0.39 is 0 Å². The van der Waals surface area contributed by atoms with Crippen molar-refractivity contribution in [3.8, 4) is 0 Å². The molecule has 1 saturated heterocycles. The average Bonchev–Trinajstić information content (AvgIpc) is 3.11. The van der Waals surface area contributed by atoms with Gasteiger partial charge in [-0.1, -0.05) is 0 Å². The standard InChI is InChI=1S/C19H24N4OS/c1-21-8-6-14-10-15(4-5-17(14)21)19(24)23-7-3-9-25-13-18(23)16-11-20-22(2)12-16/h4-5,10-12,18H,3,6-9,13H2,1-2H3. The molecule has 1 aromatic heterocycles. The molecule has 0 radical (unpaired) electrons. The van der Waals surface area contributed by atoms with E-state index in [9.17, 15) is 4.79 Å². The molecule has 1 atom stereocenters. The number of fused-ring (bicyclic) bond motifs is 1. The molecule has 25 heavy (non-hydrogen) atoms. The van der Waals surface area contributed by atoms with Crippen LogP contribution in [0.1, 0.15) is 33.9 Å². The number of anilines is 1. The van der Waals surface area contributed by atoms with Gasteiger partial charge in [-0.2, -0.15) is 16.9 Å². The molecule has 0 N–H and O–H groups in total. The molecule has 5 nitrogen and oxygen atoms in total. The number of nitrogens with zero attached hydrogens (tertiary/aromatic N) is 4. The second kappa shape index (κ2) is 6.75. The van der Waals surface area contributed by atoms with Crippen molar-refractivity contribution in [3.05, 3.63) is 47.3 Å². The lowest BCUT2D eigenvalue weighted by Crippen LogP contribution is -2.36. The van der Waals surface area contributed by atoms with Crippen LogP contribution in [0.3, 0.4) is 0 Å².